The number of hydrogen-bond donors (Lipinski definition) is 1. The minimum absolute atomic E-state index is 0.00259. The number of ether oxygens (including phenoxy) is 1. The van der Waals surface area contributed by atoms with Crippen molar-refractivity contribution in [1.29, 1.82) is 5.26 Å². The predicted molar refractivity (Wildman–Crippen MR) is 67.1 cm³/mol. The topological polar surface area (TPSA) is 53.2 Å². The van der Waals surface area contributed by atoms with E-state index in [0.717, 1.165) is 6.42 Å². The van der Waals surface area contributed by atoms with E-state index in [9.17, 15) is 5.11 Å². The van der Waals surface area contributed by atoms with E-state index in [0.29, 0.717) is 12.4 Å². The molecule has 0 heterocycles. The standard InChI is InChI=1S/C14H19NO2/c1-2-3-4-5-6-9-17-13-7-8-14(16)12(10-13)11-15/h7-8,10,16H,2-6,9H2,1H3. The van der Waals surface area contributed by atoms with Crippen LogP contribution < -0.4 is 4.74 Å². The van der Waals surface area contributed by atoms with Crippen LogP contribution in [0.4, 0.5) is 0 Å². The van der Waals surface area contributed by atoms with Crippen LogP contribution in [0.3, 0.4) is 0 Å². The van der Waals surface area contributed by atoms with Gasteiger partial charge in [0, 0.05) is 6.07 Å². The highest BCUT2D eigenvalue weighted by Crippen LogP contribution is 2.22. The lowest BCUT2D eigenvalue weighted by Gasteiger charge is -2.06. The summed E-state index contributed by atoms with van der Waals surface area (Å²) in [4.78, 5) is 0. The van der Waals surface area contributed by atoms with Gasteiger partial charge in [-0.3, -0.25) is 0 Å². The van der Waals surface area contributed by atoms with Crippen LogP contribution in [0.2, 0.25) is 0 Å². The molecule has 0 aliphatic heterocycles. The van der Waals surface area contributed by atoms with Crippen LogP contribution in [0.15, 0.2) is 18.2 Å². The molecule has 17 heavy (non-hydrogen) atoms. The monoisotopic (exact) mass is 233 g/mol. The number of nitriles is 1. The van der Waals surface area contributed by atoms with Crippen LogP contribution in [-0.4, -0.2) is 11.7 Å². The van der Waals surface area contributed by atoms with E-state index in [1.54, 1.807) is 12.1 Å². The van der Waals surface area contributed by atoms with Crippen molar-refractivity contribution < 1.29 is 9.84 Å². The summed E-state index contributed by atoms with van der Waals surface area (Å²) in [5.41, 5.74) is 0.258. The summed E-state index contributed by atoms with van der Waals surface area (Å²) in [5.74, 6) is 0.651. The zero-order valence-electron chi connectivity index (χ0n) is 10.3. The first-order chi connectivity index (χ1) is 8.27. The molecular weight excluding hydrogens is 214 g/mol. The number of phenolic OH excluding ortho intramolecular Hbond substituents is 1. The molecule has 0 unspecified atom stereocenters. The van der Waals surface area contributed by atoms with Gasteiger partial charge in [0.05, 0.1) is 12.2 Å². The van der Waals surface area contributed by atoms with Crippen molar-refractivity contribution in [2.24, 2.45) is 0 Å². The molecule has 0 saturated carbocycles. The SMILES string of the molecule is CCCCCCCOc1ccc(O)c(C#N)c1. The van der Waals surface area contributed by atoms with Gasteiger partial charge in [-0.15, -0.1) is 0 Å². The molecule has 1 N–H and O–H groups in total. The number of aromatic hydroxyl groups is 1. The minimum atomic E-state index is 0.00259. The molecule has 0 radical (unpaired) electrons. The lowest BCUT2D eigenvalue weighted by Crippen LogP contribution is -1.97. The third kappa shape index (κ3) is 4.78. The van der Waals surface area contributed by atoms with Crippen molar-refractivity contribution in [3.8, 4) is 17.6 Å². The van der Waals surface area contributed by atoms with Crippen LogP contribution in [0.25, 0.3) is 0 Å². The molecule has 0 saturated heterocycles. The highest BCUT2D eigenvalue weighted by atomic mass is 16.5. The largest absolute Gasteiger partial charge is 0.507 e. The van der Waals surface area contributed by atoms with Crippen LogP contribution in [0, 0.1) is 11.3 Å². The molecule has 0 bridgehead atoms. The fourth-order valence-corrected chi connectivity index (χ4v) is 1.59. The average Bonchev–Trinajstić information content (AvgIpc) is 2.35. The molecule has 0 fully saturated rings. The van der Waals surface area contributed by atoms with E-state index in [1.807, 2.05) is 6.07 Å². The van der Waals surface area contributed by atoms with Crippen molar-refractivity contribution >= 4 is 0 Å². The highest BCUT2D eigenvalue weighted by molar-refractivity contribution is 5.46. The Hall–Kier alpha value is -1.69. The van der Waals surface area contributed by atoms with Crippen LogP contribution in [-0.2, 0) is 0 Å². The maximum atomic E-state index is 9.33. The van der Waals surface area contributed by atoms with Crippen molar-refractivity contribution in [2.75, 3.05) is 6.61 Å². The normalized spacial score (nSPS) is 9.88. The molecule has 1 rings (SSSR count). The van der Waals surface area contributed by atoms with E-state index in [2.05, 4.69) is 6.92 Å². The zero-order chi connectivity index (χ0) is 12.5. The van der Waals surface area contributed by atoms with Gasteiger partial charge in [-0.1, -0.05) is 32.6 Å². The zero-order valence-corrected chi connectivity index (χ0v) is 10.3. The second-order valence-corrected chi connectivity index (χ2v) is 4.05. The Balaban J connectivity index is 2.30. The second kappa shape index (κ2) is 7.56. The number of benzene rings is 1. The van der Waals surface area contributed by atoms with E-state index in [4.69, 9.17) is 10.00 Å². The van der Waals surface area contributed by atoms with E-state index in [-0.39, 0.29) is 11.3 Å². The van der Waals surface area contributed by atoms with Crippen LogP contribution >= 0.6 is 0 Å². The number of hydrogen-bond acceptors (Lipinski definition) is 3. The van der Waals surface area contributed by atoms with Gasteiger partial charge in [-0.05, 0) is 18.6 Å². The van der Waals surface area contributed by atoms with E-state index < -0.39 is 0 Å². The molecule has 1 aromatic rings. The van der Waals surface area contributed by atoms with Gasteiger partial charge in [-0.2, -0.15) is 5.26 Å². The molecule has 92 valence electrons. The first kappa shape index (κ1) is 13.4. The minimum Gasteiger partial charge on any atom is -0.507 e. The molecule has 0 spiro atoms. The van der Waals surface area contributed by atoms with Gasteiger partial charge in [0.2, 0.25) is 0 Å². The molecule has 0 aliphatic carbocycles. The summed E-state index contributed by atoms with van der Waals surface area (Å²) in [6, 6.07) is 6.67. The summed E-state index contributed by atoms with van der Waals surface area (Å²) >= 11 is 0. The van der Waals surface area contributed by atoms with Crippen LogP contribution in [0.5, 0.6) is 11.5 Å². The smallest absolute Gasteiger partial charge is 0.133 e. The van der Waals surface area contributed by atoms with Gasteiger partial charge in [-0.25, -0.2) is 0 Å². The van der Waals surface area contributed by atoms with Gasteiger partial charge in [0.25, 0.3) is 0 Å². The molecule has 0 aliphatic rings. The van der Waals surface area contributed by atoms with Crippen molar-refractivity contribution in [2.45, 2.75) is 39.0 Å². The first-order valence-electron chi connectivity index (χ1n) is 6.14. The summed E-state index contributed by atoms with van der Waals surface area (Å²) < 4.78 is 5.52. The quantitative estimate of drug-likeness (QED) is 0.732. The fourth-order valence-electron chi connectivity index (χ4n) is 1.59. The molecule has 0 atom stereocenters. The van der Waals surface area contributed by atoms with Gasteiger partial charge in [0.1, 0.15) is 17.6 Å². The Morgan fingerprint density at radius 2 is 2.00 bits per heavy atom. The first-order valence-corrected chi connectivity index (χ1v) is 6.14. The van der Waals surface area contributed by atoms with E-state index in [1.165, 1.54) is 31.7 Å². The summed E-state index contributed by atoms with van der Waals surface area (Å²) in [6.07, 6.45) is 5.97. The van der Waals surface area contributed by atoms with Gasteiger partial charge < -0.3 is 9.84 Å². The third-order valence-corrected chi connectivity index (χ3v) is 2.61. The molecular formula is C14H19NO2. The summed E-state index contributed by atoms with van der Waals surface area (Å²) in [6.45, 7) is 2.86. The van der Waals surface area contributed by atoms with Gasteiger partial charge in [0.15, 0.2) is 0 Å². The number of phenols is 1. The maximum Gasteiger partial charge on any atom is 0.133 e. The molecule has 0 amide bonds. The van der Waals surface area contributed by atoms with Gasteiger partial charge >= 0.3 is 0 Å². The molecule has 3 heteroatoms. The molecule has 3 nitrogen and oxygen atoms in total. The molecule has 1 aromatic carbocycles. The lowest BCUT2D eigenvalue weighted by molar-refractivity contribution is 0.304. The number of unbranched alkanes of at least 4 members (excludes halogenated alkanes) is 4. The fraction of sp³-hybridized carbons (Fsp3) is 0.500. The lowest BCUT2D eigenvalue weighted by atomic mass is 10.2. The molecule has 0 aromatic heterocycles. The second-order valence-electron chi connectivity index (χ2n) is 4.05. The van der Waals surface area contributed by atoms with Crippen LogP contribution in [0.1, 0.15) is 44.6 Å². The predicted octanol–water partition coefficient (Wildman–Crippen LogP) is 3.61. The number of rotatable bonds is 7. The maximum absolute atomic E-state index is 9.33. The van der Waals surface area contributed by atoms with Crippen molar-refractivity contribution in [1.82, 2.24) is 0 Å². The Morgan fingerprint density at radius 3 is 2.71 bits per heavy atom. The Bertz CT molecular complexity index is 382. The average molecular weight is 233 g/mol. The Labute approximate surface area is 103 Å². The highest BCUT2D eigenvalue weighted by Gasteiger charge is 2.02. The van der Waals surface area contributed by atoms with Crippen molar-refractivity contribution in [3.63, 3.8) is 0 Å². The Kier molecular flexibility index (Phi) is 5.95. The Morgan fingerprint density at radius 1 is 1.24 bits per heavy atom. The van der Waals surface area contributed by atoms with Crippen molar-refractivity contribution in [3.05, 3.63) is 23.8 Å². The summed E-state index contributed by atoms with van der Waals surface area (Å²) in [5, 5.41) is 18.1. The summed E-state index contributed by atoms with van der Waals surface area (Å²) in [7, 11) is 0. The number of nitrogens with zero attached hydrogens (tertiary/aromatic N) is 1. The third-order valence-electron chi connectivity index (χ3n) is 2.61. The van der Waals surface area contributed by atoms with E-state index >= 15 is 0 Å².